The fourth-order valence-corrected chi connectivity index (χ4v) is 8.14. The Morgan fingerprint density at radius 1 is 0.641 bits per heavy atom. The molecule has 2 aromatic heterocycles. The van der Waals surface area contributed by atoms with Crippen LogP contribution in [0.2, 0.25) is 0 Å². The Morgan fingerprint density at radius 2 is 1.18 bits per heavy atom. The van der Waals surface area contributed by atoms with Gasteiger partial charge in [-0.2, -0.15) is 0 Å². The van der Waals surface area contributed by atoms with E-state index < -0.39 is 0 Å². The smallest absolute Gasteiger partial charge is 0.123 e. The van der Waals surface area contributed by atoms with Gasteiger partial charge in [-0.15, -0.1) is 0 Å². The topological polar surface area (TPSA) is 63.8 Å². The summed E-state index contributed by atoms with van der Waals surface area (Å²) in [6.07, 6.45) is 12.9. The van der Waals surface area contributed by atoms with Crippen molar-refractivity contribution in [3.8, 4) is 33.6 Å². The molecule has 4 atom stereocenters. The Morgan fingerprint density at radius 3 is 1.79 bits per heavy atom. The highest BCUT2D eigenvalue weighted by atomic mass is 15.2. The maximum absolute atomic E-state index is 4.85. The lowest BCUT2D eigenvalue weighted by Gasteiger charge is -2.22. The molecule has 3 fully saturated rings. The average molecular weight is 519 g/mol. The van der Waals surface area contributed by atoms with E-state index in [4.69, 9.17) is 9.97 Å². The van der Waals surface area contributed by atoms with Crippen LogP contribution in [0.5, 0.6) is 0 Å². The van der Waals surface area contributed by atoms with Crippen molar-refractivity contribution in [2.24, 2.45) is 0 Å². The Kier molecular flexibility index (Phi) is 5.56. The Hall–Kier alpha value is -3.22. The highest BCUT2D eigenvalue weighted by molar-refractivity contribution is 5.80. The molecule has 0 amide bonds. The lowest BCUT2D eigenvalue weighted by molar-refractivity contribution is 0.307. The standard InChI is InChI=1S/C33H38N6/c1-38-15-3-5-28(38)32-34-18-26(36-32)21-9-7-20(8-10-21)24-13-14-25(31-23-12-11-22(17-23)30(24)31)27-19-35-33(37-27)29-6-4-16-39(29)2/h7-10,13-14,18-19,22-23,28-29H,3-6,11-12,15-17H2,1-2H3,(H,34,36)(H,35,37)/t22?,23?,28-,29?/m0/s1. The minimum atomic E-state index is 0.416. The fraction of sp³-hybridized carbons (Fsp3) is 0.455. The van der Waals surface area contributed by atoms with E-state index in [0.717, 1.165) is 30.4 Å². The van der Waals surface area contributed by atoms with E-state index in [2.05, 4.69) is 76.5 Å². The molecule has 0 spiro atoms. The van der Waals surface area contributed by atoms with Crippen LogP contribution in [-0.2, 0) is 0 Å². The maximum atomic E-state index is 4.85. The van der Waals surface area contributed by atoms with Crippen LogP contribution in [0.15, 0.2) is 48.8 Å². The monoisotopic (exact) mass is 518 g/mol. The van der Waals surface area contributed by atoms with Crippen molar-refractivity contribution < 1.29 is 0 Å². The molecule has 6 nitrogen and oxygen atoms in total. The van der Waals surface area contributed by atoms with Crippen molar-refractivity contribution in [3.63, 3.8) is 0 Å². The quantitative estimate of drug-likeness (QED) is 0.298. The first-order valence-electron chi connectivity index (χ1n) is 14.9. The van der Waals surface area contributed by atoms with Gasteiger partial charge in [0.2, 0.25) is 0 Å². The van der Waals surface area contributed by atoms with Gasteiger partial charge in [-0.1, -0.05) is 36.4 Å². The van der Waals surface area contributed by atoms with Crippen LogP contribution in [-0.4, -0.2) is 56.9 Å². The Balaban J connectivity index is 1.12. The predicted octanol–water partition coefficient (Wildman–Crippen LogP) is 7.03. The van der Waals surface area contributed by atoms with Gasteiger partial charge in [-0.25, -0.2) is 9.97 Å². The molecule has 4 aliphatic rings. The lowest BCUT2D eigenvalue weighted by atomic mass is 9.82. The van der Waals surface area contributed by atoms with Gasteiger partial charge < -0.3 is 9.97 Å². The zero-order chi connectivity index (χ0) is 26.1. The number of nitrogens with one attached hydrogen (secondary N) is 2. The highest BCUT2D eigenvalue weighted by Crippen LogP contribution is 2.58. The average Bonchev–Trinajstić information content (AvgIpc) is 3.79. The fourth-order valence-electron chi connectivity index (χ4n) is 8.14. The number of benzene rings is 2. The minimum absolute atomic E-state index is 0.416. The number of likely N-dealkylation sites (tertiary alicyclic amines) is 2. The number of rotatable bonds is 5. The van der Waals surface area contributed by atoms with Crippen molar-refractivity contribution in [3.05, 3.63) is 71.6 Å². The lowest BCUT2D eigenvalue weighted by Crippen LogP contribution is -2.18. The molecule has 6 heteroatoms. The molecule has 200 valence electrons. The van der Waals surface area contributed by atoms with E-state index in [1.807, 2.05) is 6.20 Å². The van der Waals surface area contributed by atoms with Crippen LogP contribution in [0.3, 0.4) is 0 Å². The summed E-state index contributed by atoms with van der Waals surface area (Å²) in [6.45, 7) is 2.31. The molecule has 2 saturated heterocycles. The number of fused-ring (bicyclic) bond motifs is 5. The number of nitrogens with zero attached hydrogens (tertiary/aromatic N) is 4. The minimum Gasteiger partial charge on any atom is -0.341 e. The molecular weight excluding hydrogens is 480 g/mol. The maximum Gasteiger partial charge on any atom is 0.123 e. The molecule has 4 heterocycles. The van der Waals surface area contributed by atoms with E-state index in [-0.39, 0.29) is 0 Å². The molecule has 3 unspecified atom stereocenters. The van der Waals surface area contributed by atoms with Crippen LogP contribution in [0.25, 0.3) is 33.6 Å². The summed E-state index contributed by atoms with van der Waals surface area (Å²) in [6, 6.07) is 14.7. The van der Waals surface area contributed by atoms with Crippen molar-refractivity contribution in [1.82, 2.24) is 29.7 Å². The van der Waals surface area contributed by atoms with Crippen LogP contribution in [0.4, 0.5) is 0 Å². The molecule has 2 bridgehead atoms. The molecule has 0 radical (unpaired) electrons. The van der Waals surface area contributed by atoms with Gasteiger partial charge >= 0.3 is 0 Å². The molecule has 39 heavy (non-hydrogen) atoms. The van der Waals surface area contributed by atoms with Crippen molar-refractivity contribution in [2.45, 2.75) is 68.9 Å². The summed E-state index contributed by atoms with van der Waals surface area (Å²) in [5, 5.41) is 0. The van der Waals surface area contributed by atoms with Gasteiger partial charge in [0.15, 0.2) is 0 Å². The van der Waals surface area contributed by atoms with Gasteiger partial charge in [0, 0.05) is 5.56 Å². The van der Waals surface area contributed by atoms with E-state index >= 15 is 0 Å². The molecule has 8 rings (SSSR count). The van der Waals surface area contributed by atoms with Gasteiger partial charge in [0.1, 0.15) is 11.6 Å². The van der Waals surface area contributed by atoms with E-state index in [1.165, 1.54) is 72.9 Å². The third kappa shape index (κ3) is 3.83. The number of aromatic nitrogens is 4. The van der Waals surface area contributed by atoms with Crippen LogP contribution >= 0.6 is 0 Å². The summed E-state index contributed by atoms with van der Waals surface area (Å²) in [5.74, 6) is 3.59. The molecule has 4 aromatic rings. The molecular formula is C33H38N6. The van der Waals surface area contributed by atoms with E-state index in [0.29, 0.717) is 23.9 Å². The zero-order valence-electron chi connectivity index (χ0n) is 23.1. The van der Waals surface area contributed by atoms with E-state index in [9.17, 15) is 0 Å². The first-order chi connectivity index (χ1) is 19.1. The van der Waals surface area contributed by atoms with Crippen LogP contribution < -0.4 is 0 Å². The third-order valence-electron chi connectivity index (χ3n) is 10.2. The summed E-state index contributed by atoms with van der Waals surface area (Å²) in [5.41, 5.74) is 10.8. The highest BCUT2D eigenvalue weighted by Gasteiger charge is 2.40. The van der Waals surface area contributed by atoms with Gasteiger partial charge in [0.25, 0.3) is 0 Å². The molecule has 2 aromatic carbocycles. The number of imidazole rings is 2. The number of hydrogen-bond acceptors (Lipinski definition) is 4. The van der Waals surface area contributed by atoms with Crippen molar-refractivity contribution >= 4 is 0 Å². The van der Waals surface area contributed by atoms with Gasteiger partial charge in [-0.05, 0) is 112 Å². The van der Waals surface area contributed by atoms with Crippen molar-refractivity contribution in [2.75, 3.05) is 27.2 Å². The predicted molar refractivity (Wildman–Crippen MR) is 156 cm³/mol. The normalized spacial score (nSPS) is 26.6. The number of H-pyrrole nitrogens is 2. The van der Waals surface area contributed by atoms with Gasteiger partial charge in [0.05, 0.1) is 35.9 Å². The summed E-state index contributed by atoms with van der Waals surface area (Å²) < 4.78 is 0. The second-order valence-corrected chi connectivity index (χ2v) is 12.4. The molecule has 2 N–H and O–H groups in total. The summed E-state index contributed by atoms with van der Waals surface area (Å²) >= 11 is 0. The van der Waals surface area contributed by atoms with Crippen LogP contribution in [0.1, 0.15) is 91.6 Å². The SMILES string of the molecule is CN1CCCC1c1ncc(-c2ccc(-c3ccc(-c4cnc([C@@H]5CCCN5C)[nH]4)cc3)c3c2C2CCC3C2)[nH]1. The number of hydrogen-bond donors (Lipinski definition) is 2. The van der Waals surface area contributed by atoms with Crippen molar-refractivity contribution in [1.29, 1.82) is 0 Å². The Bertz CT molecular complexity index is 1510. The first-order valence-corrected chi connectivity index (χ1v) is 14.9. The molecule has 1 saturated carbocycles. The van der Waals surface area contributed by atoms with Crippen LogP contribution in [0, 0.1) is 0 Å². The summed E-state index contributed by atoms with van der Waals surface area (Å²) in [7, 11) is 4.42. The molecule has 2 aliphatic heterocycles. The largest absolute Gasteiger partial charge is 0.341 e. The Labute approximate surface area is 230 Å². The van der Waals surface area contributed by atoms with E-state index in [1.54, 1.807) is 11.1 Å². The second-order valence-electron chi connectivity index (χ2n) is 12.4. The molecule has 2 aliphatic carbocycles. The third-order valence-corrected chi connectivity index (χ3v) is 10.2. The first kappa shape index (κ1) is 23.6. The summed E-state index contributed by atoms with van der Waals surface area (Å²) in [4.78, 5) is 21.8. The van der Waals surface area contributed by atoms with Gasteiger partial charge in [-0.3, -0.25) is 9.80 Å². The number of aromatic amines is 2. The zero-order valence-corrected chi connectivity index (χ0v) is 23.1. The second kappa shape index (κ2) is 9.17.